The van der Waals surface area contributed by atoms with E-state index in [-0.39, 0.29) is 12.3 Å². The molecule has 0 saturated carbocycles. The van der Waals surface area contributed by atoms with E-state index in [4.69, 9.17) is 20.9 Å². The Morgan fingerprint density at radius 1 is 1.27 bits per heavy atom. The molecule has 0 spiro atoms. The van der Waals surface area contributed by atoms with Crippen molar-refractivity contribution in [3.63, 3.8) is 0 Å². The van der Waals surface area contributed by atoms with Crippen LogP contribution in [-0.2, 0) is 0 Å². The molecule has 0 amide bonds. The highest BCUT2D eigenvalue weighted by Gasteiger charge is 2.13. The third-order valence-corrected chi connectivity index (χ3v) is 2.04. The molecule has 5 nitrogen and oxygen atoms in total. The van der Waals surface area contributed by atoms with Crippen LogP contribution in [0.4, 0.5) is 5.69 Å². The summed E-state index contributed by atoms with van der Waals surface area (Å²) in [7, 11) is 2.99. The first-order valence-corrected chi connectivity index (χ1v) is 4.38. The fourth-order valence-electron chi connectivity index (χ4n) is 1.25. The van der Waals surface area contributed by atoms with Gasteiger partial charge in [-0.2, -0.15) is 0 Å². The predicted octanol–water partition coefficient (Wildman–Crippen LogP) is 0.427. The van der Waals surface area contributed by atoms with Crippen molar-refractivity contribution in [3.05, 3.63) is 17.7 Å². The summed E-state index contributed by atoms with van der Waals surface area (Å²) in [5.74, 6) is 0.723. The van der Waals surface area contributed by atoms with Gasteiger partial charge in [0.05, 0.1) is 20.8 Å². The van der Waals surface area contributed by atoms with Crippen molar-refractivity contribution in [3.8, 4) is 11.5 Å². The quantitative estimate of drug-likeness (QED) is 0.555. The molecule has 15 heavy (non-hydrogen) atoms. The molecule has 0 fully saturated rings. The molecular formula is C10H14N2O3. The number of nitrogen functional groups attached to an aromatic ring is 1. The molecule has 0 aliphatic heterocycles. The number of hydrogen-bond acceptors (Lipinski definition) is 5. The molecule has 1 rings (SSSR count). The van der Waals surface area contributed by atoms with Gasteiger partial charge in [-0.25, -0.2) is 0 Å². The van der Waals surface area contributed by atoms with E-state index >= 15 is 0 Å². The smallest absolute Gasteiger partial charge is 0.178 e. The Morgan fingerprint density at radius 2 is 1.80 bits per heavy atom. The molecule has 5 heteroatoms. The fourth-order valence-corrected chi connectivity index (χ4v) is 1.25. The van der Waals surface area contributed by atoms with E-state index in [0.29, 0.717) is 22.7 Å². The van der Waals surface area contributed by atoms with Gasteiger partial charge in [0, 0.05) is 17.3 Å². The second-order valence-electron chi connectivity index (χ2n) is 2.92. The maximum absolute atomic E-state index is 11.4. The Labute approximate surface area is 88.0 Å². The van der Waals surface area contributed by atoms with Gasteiger partial charge >= 0.3 is 0 Å². The summed E-state index contributed by atoms with van der Waals surface area (Å²) in [4.78, 5) is 11.4. The number of Topliss-reactive ketones (excluding diaryl/α,β-unsaturated/α-hetero) is 1. The van der Waals surface area contributed by atoms with Crippen molar-refractivity contribution in [2.45, 2.75) is 0 Å². The lowest BCUT2D eigenvalue weighted by Crippen LogP contribution is -2.15. The summed E-state index contributed by atoms with van der Waals surface area (Å²) in [6.45, 7) is -0.0836. The molecule has 0 atom stereocenters. The number of benzene rings is 1. The second-order valence-corrected chi connectivity index (χ2v) is 2.92. The molecule has 82 valence electrons. The van der Waals surface area contributed by atoms with E-state index in [0.717, 1.165) is 0 Å². The number of rotatable bonds is 4. The molecular weight excluding hydrogens is 196 g/mol. The van der Waals surface area contributed by atoms with Gasteiger partial charge in [-0.3, -0.25) is 4.79 Å². The molecule has 4 N–H and O–H groups in total. The molecule has 0 aliphatic rings. The summed E-state index contributed by atoms with van der Waals surface area (Å²) in [6, 6.07) is 3.07. The fraction of sp³-hybridized carbons (Fsp3) is 0.300. The van der Waals surface area contributed by atoms with E-state index < -0.39 is 0 Å². The van der Waals surface area contributed by atoms with Crippen molar-refractivity contribution in [2.24, 2.45) is 5.73 Å². The summed E-state index contributed by atoms with van der Waals surface area (Å²) >= 11 is 0. The molecule has 1 aromatic carbocycles. The Kier molecular flexibility index (Phi) is 3.51. The SMILES string of the molecule is COc1cc(N)c(C(=O)CN)cc1OC. The summed E-state index contributed by atoms with van der Waals surface area (Å²) in [6.07, 6.45) is 0. The van der Waals surface area contributed by atoms with Crippen LogP contribution in [0.1, 0.15) is 10.4 Å². The van der Waals surface area contributed by atoms with Crippen molar-refractivity contribution < 1.29 is 14.3 Å². The number of carbonyl (C=O) groups is 1. The lowest BCUT2D eigenvalue weighted by molar-refractivity contribution is 0.100. The van der Waals surface area contributed by atoms with Crippen molar-refractivity contribution in [2.75, 3.05) is 26.5 Å². The van der Waals surface area contributed by atoms with Crippen LogP contribution in [0.25, 0.3) is 0 Å². The van der Waals surface area contributed by atoms with E-state index in [1.807, 2.05) is 0 Å². The minimum absolute atomic E-state index is 0.0836. The van der Waals surface area contributed by atoms with E-state index in [1.165, 1.54) is 20.3 Å². The number of ether oxygens (including phenoxy) is 2. The minimum Gasteiger partial charge on any atom is -0.493 e. The van der Waals surface area contributed by atoms with Crippen molar-refractivity contribution >= 4 is 11.5 Å². The third kappa shape index (κ3) is 2.19. The van der Waals surface area contributed by atoms with Gasteiger partial charge in [0.25, 0.3) is 0 Å². The summed E-state index contributed by atoms with van der Waals surface area (Å²) < 4.78 is 10.1. The maximum Gasteiger partial charge on any atom is 0.178 e. The predicted molar refractivity (Wildman–Crippen MR) is 57.3 cm³/mol. The van der Waals surface area contributed by atoms with Gasteiger partial charge in [0.1, 0.15) is 0 Å². The largest absolute Gasteiger partial charge is 0.493 e. The number of ketones is 1. The zero-order valence-electron chi connectivity index (χ0n) is 8.74. The molecule has 0 heterocycles. The minimum atomic E-state index is -0.228. The Balaban J connectivity index is 3.25. The first kappa shape index (κ1) is 11.3. The highest BCUT2D eigenvalue weighted by atomic mass is 16.5. The normalized spacial score (nSPS) is 9.80. The van der Waals surface area contributed by atoms with Gasteiger partial charge < -0.3 is 20.9 Å². The van der Waals surface area contributed by atoms with Crippen LogP contribution in [-0.4, -0.2) is 26.5 Å². The van der Waals surface area contributed by atoms with E-state index in [2.05, 4.69) is 0 Å². The Bertz CT molecular complexity index is 377. The summed E-state index contributed by atoms with van der Waals surface area (Å²) in [5, 5.41) is 0. The number of anilines is 1. The van der Waals surface area contributed by atoms with Gasteiger partial charge in [-0.05, 0) is 6.07 Å². The molecule has 0 aliphatic carbocycles. The van der Waals surface area contributed by atoms with Crippen LogP contribution in [0.3, 0.4) is 0 Å². The number of carbonyl (C=O) groups excluding carboxylic acids is 1. The van der Waals surface area contributed by atoms with Crippen molar-refractivity contribution in [1.82, 2.24) is 0 Å². The molecule has 0 saturated heterocycles. The van der Waals surface area contributed by atoms with Crippen molar-refractivity contribution in [1.29, 1.82) is 0 Å². The molecule has 0 bridgehead atoms. The topological polar surface area (TPSA) is 87.6 Å². The molecule has 0 aromatic heterocycles. The first-order valence-electron chi connectivity index (χ1n) is 4.38. The average Bonchev–Trinajstić information content (AvgIpc) is 2.27. The van der Waals surface area contributed by atoms with Crippen LogP contribution < -0.4 is 20.9 Å². The van der Waals surface area contributed by atoms with Crippen LogP contribution in [0.5, 0.6) is 11.5 Å². The second kappa shape index (κ2) is 4.65. The Morgan fingerprint density at radius 3 is 2.27 bits per heavy atom. The standard InChI is InChI=1S/C10H14N2O3/c1-14-9-3-6(8(13)5-11)7(12)4-10(9)15-2/h3-4H,5,11-12H2,1-2H3. The number of nitrogens with two attached hydrogens (primary N) is 2. The van der Waals surface area contributed by atoms with Crippen LogP contribution in [0.2, 0.25) is 0 Å². The summed E-state index contributed by atoms with van der Waals surface area (Å²) in [5.41, 5.74) is 11.6. The van der Waals surface area contributed by atoms with E-state index in [1.54, 1.807) is 6.07 Å². The third-order valence-electron chi connectivity index (χ3n) is 2.04. The average molecular weight is 210 g/mol. The Hall–Kier alpha value is -1.75. The van der Waals surface area contributed by atoms with Gasteiger partial charge in [-0.15, -0.1) is 0 Å². The molecule has 1 aromatic rings. The van der Waals surface area contributed by atoms with Crippen LogP contribution in [0, 0.1) is 0 Å². The zero-order valence-corrected chi connectivity index (χ0v) is 8.74. The van der Waals surface area contributed by atoms with Crippen LogP contribution >= 0.6 is 0 Å². The molecule has 0 radical (unpaired) electrons. The van der Waals surface area contributed by atoms with Crippen LogP contribution in [0.15, 0.2) is 12.1 Å². The number of hydrogen-bond donors (Lipinski definition) is 2. The lowest BCUT2D eigenvalue weighted by atomic mass is 10.1. The maximum atomic E-state index is 11.4. The highest BCUT2D eigenvalue weighted by Crippen LogP contribution is 2.31. The monoisotopic (exact) mass is 210 g/mol. The van der Waals surface area contributed by atoms with Gasteiger partial charge in [-0.1, -0.05) is 0 Å². The number of methoxy groups -OCH3 is 2. The van der Waals surface area contributed by atoms with Gasteiger partial charge in [0.2, 0.25) is 0 Å². The zero-order chi connectivity index (χ0) is 11.4. The van der Waals surface area contributed by atoms with E-state index in [9.17, 15) is 4.79 Å². The first-order chi connectivity index (χ1) is 7.13. The molecule has 0 unspecified atom stereocenters. The lowest BCUT2D eigenvalue weighted by Gasteiger charge is -2.11. The highest BCUT2D eigenvalue weighted by molar-refractivity contribution is 6.02. The van der Waals surface area contributed by atoms with Gasteiger partial charge in [0.15, 0.2) is 17.3 Å².